The Bertz CT molecular complexity index is 419. The lowest BCUT2D eigenvalue weighted by Crippen LogP contribution is -2.01. The number of hydrogen-bond acceptors (Lipinski definition) is 3. The van der Waals surface area contributed by atoms with Gasteiger partial charge in [0.2, 0.25) is 0 Å². The Kier molecular flexibility index (Phi) is 6.43. The molecule has 0 heterocycles. The monoisotopic (exact) mass is 272 g/mol. The molecular weight excluding hydrogens is 258 g/mol. The summed E-state index contributed by atoms with van der Waals surface area (Å²) in [6.07, 6.45) is 4.47. The predicted octanol–water partition coefficient (Wildman–Crippen LogP) is 3.97. The van der Waals surface area contributed by atoms with E-state index in [1.807, 2.05) is 12.2 Å². The quantitative estimate of drug-likeness (QED) is 0.733. The number of allylic oxidation sites excluding steroid dienone is 1. The lowest BCUT2D eigenvalue weighted by Gasteiger charge is -2.04. The highest BCUT2D eigenvalue weighted by Gasteiger charge is 2.03. The van der Waals surface area contributed by atoms with Crippen molar-refractivity contribution >= 4 is 23.0 Å². The van der Waals surface area contributed by atoms with Crippen LogP contribution < -0.4 is 4.74 Å². The molecule has 0 saturated heterocycles. The second-order valence-corrected chi connectivity index (χ2v) is 4.75. The molecule has 1 aromatic carbocycles. The highest BCUT2D eigenvalue weighted by Crippen LogP contribution is 2.17. The number of alkyl halides is 2. The van der Waals surface area contributed by atoms with Gasteiger partial charge in [-0.05, 0) is 24.1 Å². The topological polar surface area (TPSA) is 26.3 Å². The van der Waals surface area contributed by atoms with Crippen molar-refractivity contribution in [3.8, 4) is 5.75 Å². The van der Waals surface area contributed by atoms with Gasteiger partial charge in [0.25, 0.3) is 0 Å². The zero-order valence-electron chi connectivity index (χ0n) is 9.94. The zero-order valence-corrected chi connectivity index (χ0v) is 10.8. The minimum absolute atomic E-state index is 0.0933. The average Bonchev–Trinajstić information content (AvgIpc) is 2.27. The molecule has 0 aliphatic heterocycles. The third-order valence-electron chi connectivity index (χ3n) is 1.98. The molecule has 0 saturated carbocycles. The highest BCUT2D eigenvalue weighted by atomic mass is 32.2. The average molecular weight is 272 g/mol. The summed E-state index contributed by atoms with van der Waals surface area (Å²) >= 11 is 1.26. The van der Waals surface area contributed by atoms with E-state index in [1.54, 1.807) is 18.2 Å². The third kappa shape index (κ3) is 6.39. The van der Waals surface area contributed by atoms with Crippen molar-refractivity contribution in [1.29, 1.82) is 0 Å². The molecular formula is C13H14F2O2S. The van der Waals surface area contributed by atoms with Crippen molar-refractivity contribution in [3.63, 3.8) is 0 Å². The summed E-state index contributed by atoms with van der Waals surface area (Å²) in [6, 6.07) is 6.48. The summed E-state index contributed by atoms with van der Waals surface area (Å²) < 4.78 is 28.3. The van der Waals surface area contributed by atoms with Gasteiger partial charge in [0.1, 0.15) is 5.75 Å². The van der Waals surface area contributed by atoms with Crippen LogP contribution in [0.5, 0.6) is 5.75 Å². The van der Waals surface area contributed by atoms with E-state index in [0.717, 1.165) is 17.7 Å². The Hall–Kier alpha value is -1.36. The minimum atomic E-state index is -2.81. The molecule has 0 unspecified atom stereocenters. The van der Waals surface area contributed by atoms with E-state index in [0.29, 0.717) is 0 Å². The van der Waals surface area contributed by atoms with Crippen LogP contribution in [0.15, 0.2) is 30.3 Å². The van der Waals surface area contributed by atoms with E-state index >= 15 is 0 Å². The number of halogens is 2. The first-order chi connectivity index (χ1) is 8.58. The maximum Gasteiger partial charge on any atom is 0.387 e. The SMILES string of the molecule is CC(=O)SCCC=Cc1cccc(OC(F)F)c1. The number of ether oxygens (including phenoxy) is 1. The van der Waals surface area contributed by atoms with Crippen LogP contribution in [0.4, 0.5) is 8.78 Å². The van der Waals surface area contributed by atoms with Gasteiger partial charge in [0, 0.05) is 12.7 Å². The Balaban J connectivity index is 2.46. The van der Waals surface area contributed by atoms with Crippen LogP contribution in [0.2, 0.25) is 0 Å². The van der Waals surface area contributed by atoms with Gasteiger partial charge in [-0.15, -0.1) is 0 Å². The van der Waals surface area contributed by atoms with Crippen LogP contribution in [0.3, 0.4) is 0 Å². The van der Waals surface area contributed by atoms with Crippen molar-refractivity contribution in [3.05, 3.63) is 35.9 Å². The van der Waals surface area contributed by atoms with Crippen molar-refractivity contribution in [1.82, 2.24) is 0 Å². The number of rotatable bonds is 6. The fourth-order valence-corrected chi connectivity index (χ4v) is 1.83. The van der Waals surface area contributed by atoms with Gasteiger partial charge in [-0.25, -0.2) is 0 Å². The fraction of sp³-hybridized carbons (Fsp3) is 0.308. The van der Waals surface area contributed by atoms with E-state index in [1.165, 1.54) is 24.8 Å². The van der Waals surface area contributed by atoms with Crippen LogP contribution in [-0.4, -0.2) is 17.5 Å². The van der Waals surface area contributed by atoms with E-state index < -0.39 is 6.61 Å². The zero-order chi connectivity index (χ0) is 13.4. The minimum Gasteiger partial charge on any atom is -0.435 e. The summed E-state index contributed by atoms with van der Waals surface area (Å²) in [5.41, 5.74) is 0.793. The van der Waals surface area contributed by atoms with Gasteiger partial charge >= 0.3 is 6.61 Å². The number of carbonyl (C=O) groups is 1. The standard InChI is InChI=1S/C13H14F2O2S/c1-10(16)18-8-3-2-5-11-6-4-7-12(9-11)17-13(14)15/h2,4-7,9,13H,3,8H2,1H3. The molecule has 0 aromatic heterocycles. The molecule has 18 heavy (non-hydrogen) atoms. The van der Waals surface area contributed by atoms with Gasteiger partial charge < -0.3 is 4.74 Å². The van der Waals surface area contributed by atoms with Crippen LogP contribution in [0, 0.1) is 0 Å². The Morgan fingerprint density at radius 2 is 2.28 bits per heavy atom. The molecule has 2 nitrogen and oxygen atoms in total. The van der Waals surface area contributed by atoms with Crippen molar-refractivity contribution in [2.24, 2.45) is 0 Å². The molecule has 0 spiro atoms. The van der Waals surface area contributed by atoms with Gasteiger partial charge in [-0.2, -0.15) is 8.78 Å². The molecule has 98 valence electrons. The van der Waals surface area contributed by atoms with E-state index in [9.17, 15) is 13.6 Å². The molecule has 0 bridgehead atoms. The molecule has 0 amide bonds. The summed E-state index contributed by atoms with van der Waals surface area (Å²) in [5.74, 6) is 0.865. The van der Waals surface area contributed by atoms with Crippen molar-refractivity contribution < 1.29 is 18.3 Å². The highest BCUT2D eigenvalue weighted by molar-refractivity contribution is 8.13. The summed E-state index contributed by atoms with van der Waals surface area (Å²) in [7, 11) is 0. The van der Waals surface area contributed by atoms with E-state index in [-0.39, 0.29) is 10.9 Å². The molecule has 0 aliphatic rings. The first kappa shape index (κ1) is 14.7. The van der Waals surface area contributed by atoms with Crippen molar-refractivity contribution in [2.75, 3.05) is 5.75 Å². The van der Waals surface area contributed by atoms with E-state index in [4.69, 9.17) is 0 Å². The molecule has 1 aromatic rings. The lowest BCUT2D eigenvalue weighted by atomic mass is 10.2. The smallest absolute Gasteiger partial charge is 0.387 e. The second-order valence-electron chi connectivity index (χ2n) is 3.48. The second kappa shape index (κ2) is 7.87. The molecule has 1 rings (SSSR count). The van der Waals surface area contributed by atoms with Crippen LogP contribution in [-0.2, 0) is 4.79 Å². The van der Waals surface area contributed by atoms with Gasteiger partial charge in [-0.3, -0.25) is 4.79 Å². The number of hydrogen-bond donors (Lipinski definition) is 0. The summed E-state index contributed by atoms with van der Waals surface area (Å²) in [6.45, 7) is -1.28. The van der Waals surface area contributed by atoms with Crippen LogP contribution in [0.1, 0.15) is 18.9 Å². The molecule has 5 heteroatoms. The first-order valence-corrected chi connectivity index (χ1v) is 6.41. The molecule has 0 N–H and O–H groups in total. The number of thioether (sulfide) groups is 1. The largest absolute Gasteiger partial charge is 0.435 e. The lowest BCUT2D eigenvalue weighted by molar-refractivity contribution is -0.109. The van der Waals surface area contributed by atoms with Gasteiger partial charge in [-0.1, -0.05) is 36.0 Å². The predicted molar refractivity (Wildman–Crippen MR) is 69.9 cm³/mol. The normalized spacial score (nSPS) is 11.1. The first-order valence-electron chi connectivity index (χ1n) is 5.42. The molecule has 0 fully saturated rings. The maximum absolute atomic E-state index is 12.0. The van der Waals surface area contributed by atoms with Gasteiger partial charge in [0.05, 0.1) is 0 Å². The van der Waals surface area contributed by atoms with Crippen LogP contribution in [0.25, 0.3) is 6.08 Å². The summed E-state index contributed by atoms with van der Waals surface area (Å²) in [4.78, 5) is 10.7. The fourth-order valence-electron chi connectivity index (χ4n) is 1.28. The molecule has 0 atom stereocenters. The number of benzene rings is 1. The Morgan fingerprint density at radius 1 is 1.50 bits per heavy atom. The molecule has 0 radical (unpaired) electrons. The van der Waals surface area contributed by atoms with Crippen LogP contribution >= 0.6 is 11.8 Å². The maximum atomic E-state index is 12.0. The summed E-state index contributed by atoms with van der Waals surface area (Å²) in [5, 5.41) is 0.0933. The molecule has 0 aliphatic carbocycles. The number of carbonyl (C=O) groups excluding carboxylic acids is 1. The third-order valence-corrected chi connectivity index (χ3v) is 2.83. The Morgan fingerprint density at radius 3 is 2.94 bits per heavy atom. The van der Waals surface area contributed by atoms with Crippen molar-refractivity contribution in [2.45, 2.75) is 20.0 Å². The Labute approximate surface area is 109 Å². The van der Waals surface area contributed by atoms with E-state index in [2.05, 4.69) is 4.74 Å². The van der Waals surface area contributed by atoms with Gasteiger partial charge in [0.15, 0.2) is 5.12 Å².